The molecule has 1 saturated carbocycles. The fourth-order valence-electron chi connectivity index (χ4n) is 2.81. The lowest BCUT2D eigenvalue weighted by Crippen LogP contribution is -2.37. The second kappa shape index (κ2) is 7.78. The van der Waals surface area contributed by atoms with E-state index in [1.807, 2.05) is 4.90 Å². The molecule has 0 saturated heterocycles. The molecule has 0 aromatic heterocycles. The Balaban J connectivity index is 2.41. The molecule has 1 rings (SSSR count). The van der Waals surface area contributed by atoms with Crippen LogP contribution in [-0.2, 0) is 4.79 Å². The SMILES string of the molecule is CCC(C)CN(CC)C(=O)CC1CCCC(N)C1. The number of nitrogens with zero attached hydrogens (tertiary/aromatic N) is 1. The van der Waals surface area contributed by atoms with Crippen molar-refractivity contribution in [3.8, 4) is 0 Å². The third-order valence-electron chi connectivity index (χ3n) is 4.25. The summed E-state index contributed by atoms with van der Waals surface area (Å²) in [7, 11) is 0. The first-order valence-corrected chi connectivity index (χ1v) is 7.60. The smallest absolute Gasteiger partial charge is 0.222 e. The zero-order valence-electron chi connectivity index (χ0n) is 12.3. The van der Waals surface area contributed by atoms with Crippen LogP contribution >= 0.6 is 0 Å². The van der Waals surface area contributed by atoms with E-state index in [0.29, 0.717) is 30.2 Å². The minimum atomic E-state index is 0.321. The molecule has 1 amide bonds. The summed E-state index contributed by atoms with van der Waals surface area (Å²) < 4.78 is 0. The number of carbonyl (C=O) groups is 1. The van der Waals surface area contributed by atoms with E-state index >= 15 is 0 Å². The molecule has 3 atom stereocenters. The first-order chi connectivity index (χ1) is 8.56. The molecule has 0 radical (unpaired) electrons. The zero-order valence-corrected chi connectivity index (χ0v) is 12.3. The molecule has 1 aliphatic carbocycles. The summed E-state index contributed by atoms with van der Waals surface area (Å²) in [6.07, 6.45) is 6.38. The highest BCUT2D eigenvalue weighted by atomic mass is 16.2. The molecule has 3 unspecified atom stereocenters. The lowest BCUT2D eigenvalue weighted by atomic mass is 9.84. The maximum absolute atomic E-state index is 12.3. The number of rotatable bonds is 6. The van der Waals surface area contributed by atoms with Crippen molar-refractivity contribution in [3.63, 3.8) is 0 Å². The van der Waals surface area contributed by atoms with Crippen LogP contribution in [-0.4, -0.2) is 29.9 Å². The Morgan fingerprint density at radius 2 is 2.11 bits per heavy atom. The number of nitrogens with two attached hydrogens (primary N) is 1. The Hall–Kier alpha value is -0.570. The van der Waals surface area contributed by atoms with Crippen molar-refractivity contribution in [2.45, 2.75) is 65.3 Å². The van der Waals surface area contributed by atoms with Gasteiger partial charge in [-0.15, -0.1) is 0 Å². The summed E-state index contributed by atoms with van der Waals surface area (Å²) in [5, 5.41) is 0. The van der Waals surface area contributed by atoms with Gasteiger partial charge in [0.25, 0.3) is 0 Å². The molecule has 3 nitrogen and oxygen atoms in total. The lowest BCUT2D eigenvalue weighted by molar-refractivity contribution is -0.132. The van der Waals surface area contributed by atoms with Crippen LogP contribution in [0.25, 0.3) is 0 Å². The van der Waals surface area contributed by atoms with Gasteiger partial charge in [0, 0.05) is 25.6 Å². The van der Waals surface area contributed by atoms with Crippen molar-refractivity contribution >= 4 is 5.91 Å². The van der Waals surface area contributed by atoms with Gasteiger partial charge in [0.1, 0.15) is 0 Å². The second-order valence-corrected chi connectivity index (χ2v) is 5.94. The Morgan fingerprint density at radius 3 is 2.67 bits per heavy atom. The predicted octanol–water partition coefficient (Wildman–Crippen LogP) is 2.79. The van der Waals surface area contributed by atoms with E-state index < -0.39 is 0 Å². The number of hydrogen-bond donors (Lipinski definition) is 1. The minimum absolute atomic E-state index is 0.321. The Kier molecular flexibility index (Phi) is 6.69. The summed E-state index contributed by atoms with van der Waals surface area (Å²) in [5.41, 5.74) is 5.99. The van der Waals surface area contributed by atoms with Gasteiger partial charge in [0.2, 0.25) is 5.91 Å². The number of carbonyl (C=O) groups excluding carboxylic acids is 1. The second-order valence-electron chi connectivity index (χ2n) is 5.94. The maximum Gasteiger partial charge on any atom is 0.222 e. The summed E-state index contributed by atoms with van der Waals surface area (Å²) in [4.78, 5) is 14.3. The molecule has 0 aromatic carbocycles. The van der Waals surface area contributed by atoms with Crippen molar-refractivity contribution < 1.29 is 4.79 Å². The normalized spacial score (nSPS) is 25.8. The topological polar surface area (TPSA) is 46.3 Å². The molecule has 1 aliphatic rings. The predicted molar refractivity (Wildman–Crippen MR) is 76.3 cm³/mol. The monoisotopic (exact) mass is 254 g/mol. The summed E-state index contributed by atoms with van der Waals surface area (Å²) >= 11 is 0. The molecule has 0 spiro atoms. The fraction of sp³-hybridized carbons (Fsp3) is 0.933. The highest BCUT2D eigenvalue weighted by Crippen LogP contribution is 2.26. The Morgan fingerprint density at radius 1 is 1.39 bits per heavy atom. The van der Waals surface area contributed by atoms with Gasteiger partial charge in [-0.05, 0) is 38.0 Å². The first kappa shape index (κ1) is 15.5. The summed E-state index contributed by atoms with van der Waals surface area (Å²) in [6.45, 7) is 8.22. The molecule has 18 heavy (non-hydrogen) atoms. The van der Waals surface area contributed by atoms with E-state index in [4.69, 9.17) is 5.73 Å². The molecule has 0 bridgehead atoms. The van der Waals surface area contributed by atoms with Crippen LogP contribution in [0.2, 0.25) is 0 Å². The lowest BCUT2D eigenvalue weighted by Gasteiger charge is -2.29. The van der Waals surface area contributed by atoms with Gasteiger partial charge < -0.3 is 10.6 Å². The van der Waals surface area contributed by atoms with E-state index in [1.54, 1.807) is 0 Å². The molecular formula is C15H30N2O. The van der Waals surface area contributed by atoms with E-state index in [0.717, 1.165) is 32.4 Å². The Bertz CT molecular complexity index is 255. The largest absolute Gasteiger partial charge is 0.343 e. The summed E-state index contributed by atoms with van der Waals surface area (Å²) in [6, 6.07) is 0.321. The van der Waals surface area contributed by atoms with Crippen LogP contribution in [0.4, 0.5) is 0 Å². The first-order valence-electron chi connectivity index (χ1n) is 7.60. The molecule has 3 heteroatoms. The highest BCUT2D eigenvalue weighted by Gasteiger charge is 2.24. The van der Waals surface area contributed by atoms with Gasteiger partial charge in [-0.3, -0.25) is 4.79 Å². The standard InChI is InChI=1S/C15H30N2O/c1-4-12(3)11-17(5-2)15(18)10-13-7-6-8-14(16)9-13/h12-14H,4-11,16H2,1-3H3. The minimum Gasteiger partial charge on any atom is -0.343 e. The molecule has 2 N–H and O–H groups in total. The number of hydrogen-bond acceptors (Lipinski definition) is 2. The van der Waals surface area contributed by atoms with Crippen molar-refractivity contribution in [3.05, 3.63) is 0 Å². The van der Waals surface area contributed by atoms with Crippen molar-refractivity contribution in [2.24, 2.45) is 17.6 Å². The van der Waals surface area contributed by atoms with E-state index in [1.165, 1.54) is 12.8 Å². The third-order valence-corrected chi connectivity index (χ3v) is 4.25. The van der Waals surface area contributed by atoms with E-state index in [-0.39, 0.29) is 0 Å². The van der Waals surface area contributed by atoms with Crippen LogP contribution < -0.4 is 5.73 Å². The fourth-order valence-corrected chi connectivity index (χ4v) is 2.81. The van der Waals surface area contributed by atoms with E-state index in [2.05, 4.69) is 20.8 Å². The van der Waals surface area contributed by atoms with Crippen molar-refractivity contribution in [2.75, 3.05) is 13.1 Å². The summed E-state index contributed by atoms with van der Waals surface area (Å²) in [5.74, 6) is 1.45. The van der Waals surface area contributed by atoms with Crippen LogP contribution in [0, 0.1) is 11.8 Å². The van der Waals surface area contributed by atoms with Gasteiger partial charge in [0.15, 0.2) is 0 Å². The molecule has 0 aliphatic heterocycles. The average Bonchev–Trinajstić information content (AvgIpc) is 2.35. The maximum atomic E-state index is 12.3. The van der Waals surface area contributed by atoms with Crippen molar-refractivity contribution in [1.29, 1.82) is 0 Å². The molecule has 0 heterocycles. The highest BCUT2D eigenvalue weighted by molar-refractivity contribution is 5.76. The zero-order chi connectivity index (χ0) is 13.5. The van der Waals surface area contributed by atoms with Crippen LogP contribution in [0.3, 0.4) is 0 Å². The van der Waals surface area contributed by atoms with Gasteiger partial charge in [-0.2, -0.15) is 0 Å². The molecule has 0 aromatic rings. The number of amides is 1. The molecule has 1 fully saturated rings. The van der Waals surface area contributed by atoms with E-state index in [9.17, 15) is 4.79 Å². The van der Waals surface area contributed by atoms with Gasteiger partial charge in [-0.1, -0.05) is 26.7 Å². The Labute approximate surface area is 112 Å². The quantitative estimate of drug-likeness (QED) is 0.792. The van der Waals surface area contributed by atoms with Gasteiger partial charge in [-0.25, -0.2) is 0 Å². The van der Waals surface area contributed by atoms with Crippen LogP contribution in [0.1, 0.15) is 59.3 Å². The van der Waals surface area contributed by atoms with Gasteiger partial charge in [0.05, 0.1) is 0 Å². The molecular weight excluding hydrogens is 224 g/mol. The van der Waals surface area contributed by atoms with Crippen molar-refractivity contribution in [1.82, 2.24) is 4.90 Å². The van der Waals surface area contributed by atoms with Crippen LogP contribution in [0.5, 0.6) is 0 Å². The molecule has 106 valence electrons. The average molecular weight is 254 g/mol. The third kappa shape index (κ3) is 4.97. The van der Waals surface area contributed by atoms with Crippen LogP contribution in [0.15, 0.2) is 0 Å². The van der Waals surface area contributed by atoms with Gasteiger partial charge >= 0.3 is 0 Å².